The molecule has 0 fully saturated rings. The van der Waals surface area contributed by atoms with Gasteiger partial charge in [0.15, 0.2) is 0 Å². The lowest BCUT2D eigenvalue weighted by Gasteiger charge is -2.23. The van der Waals surface area contributed by atoms with Crippen molar-refractivity contribution < 1.29 is 9.59 Å². The van der Waals surface area contributed by atoms with Crippen molar-refractivity contribution in [2.24, 2.45) is 5.73 Å². The van der Waals surface area contributed by atoms with Crippen molar-refractivity contribution in [1.29, 1.82) is 0 Å². The van der Waals surface area contributed by atoms with Crippen LogP contribution in [0.5, 0.6) is 0 Å². The zero-order chi connectivity index (χ0) is 20.4. The Morgan fingerprint density at radius 2 is 1.86 bits per heavy atom. The highest BCUT2D eigenvalue weighted by atomic mass is 35.5. The van der Waals surface area contributed by atoms with Crippen molar-refractivity contribution in [3.8, 4) is 0 Å². The summed E-state index contributed by atoms with van der Waals surface area (Å²) in [5, 5.41) is 4.08. The molecular formula is C23H20ClN3O2. The van der Waals surface area contributed by atoms with E-state index in [0.29, 0.717) is 10.6 Å². The van der Waals surface area contributed by atoms with Crippen LogP contribution in [0, 0.1) is 0 Å². The molecule has 29 heavy (non-hydrogen) atoms. The van der Waals surface area contributed by atoms with Gasteiger partial charge >= 0.3 is 0 Å². The van der Waals surface area contributed by atoms with Crippen molar-refractivity contribution in [2.45, 2.75) is 19.3 Å². The zero-order valence-corrected chi connectivity index (χ0v) is 16.5. The molecule has 4 rings (SSSR count). The molecule has 146 valence electrons. The van der Waals surface area contributed by atoms with Crippen LogP contribution < -0.4 is 11.1 Å². The predicted molar refractivity (Wildman–Crippen MR) is 116 cm³/mol. The van der Waals surface area contributed by atoms with Crippen LogP contribution in [0.2, 0.25) is 5.02 Å². The van der Waals surface area contributed by atoms with Gasteiger partial charge in [0, 0.05) is 10.4 Å². The van der Waals surface area contributed by atoms with Gasteiger partial charge in [-0.25, -0.2) is 4.98 Å². The Morgan fingerprint density at radius 1 is 1.10 bits per heavy atom. The summed E-state index contributed by atoms with van der Waals surface area (Å²) in [6, 6.07) is 15.2. The molecule has 1 aliphatic rings. The van der Waals surface area contributed by atoms with Crippen LogP contribution in [0.1, 0.15) is 40.0 Å². The third-order valence-electron chi connectivity index (χ3n) is 5.06. The van der Waals surface area contributed by atoms with Crippen LogP contribution in [0.15, 0.2) is 48.5 Å². The summed E-state index contributed by atoms with van der Waals surface area (Å²) < 4.78 is 0. The Labute approximate surface area is 173 Å². The molecule has 0 saturated heterocycles. The van der Waals surface area contributed by atoms with Gasteiger partial charge in [0.05, 0.1) is 23.3 Å². The van der Waals surface area contributed by atoms with E-state index in [1.165, 1.54) is 0 Å². The van der Waals surface area contributed by atoms with Crippen molar-refractivity contribution in [3.05, 3.63) is 75.9 Å². The molecule has 0 bridgehead atoms. The normalized spacial score (nSPS) is 14.6. The van der Waals surface area contributed by atoms with Gasteiger partial charge in [0.25, 0.3) is 5.91 Å². The van der Waals surface area contributed by atoms with Crippen LogP contribution in [-0.2, 0) is 11.2 Å². The number of nitrogens with two attached hydrogens (primary N) is 1. The second-order valence-corrected chi connectivity index (χ2v) is 7.43. The summed E-state index contributed by atoms with van der Waals surface area (Å²) in [5.74, 6) is -0.887. The monoisotopic (exact) mass is 405 g/mol. The van der Waals surface area contributed by atoms with Crippen LogP contribution in [0.25, 0.3) is 22.6 Å². The number of amides is 2. The summed E-state index contributed by atoms with van der Waals surface area (Å²) in [4.78, 5) is 29.0. The fourth-order valence-corrected chi connectivity index (χ4v) is 3.96. The fourth-order valence-electron chi connectivity index (χ4n) is 3.77. The number of rotatable bonds is 4. The molecule has 0 aliphatic heterocycles. The van der Waals surface area contributed by atoms with Gasteiger partial charge in [0.1, 0.15) is 0 Å². The number of carbonyl (C=O) groups is 2. The standard InChI is InChI=1S/C23H20ClN3O2/c24-18-10-3-1-6-14(18)12-15-7-5-9-17-21(23(29)26-13-20(25)28)16-8-2-4-11-19(16)27-22(15)17/h1-4,6,8,10-12H,5,7,9,13H2,(H2,25,28)(H,26,29)/b15-12-. The molecule has 0 atom stereocenters. The van der Waals surface area contributed by atoms with E-state index in [4.69, 9.17) is 22.3 Å². The Kier molecular flexibility index (Phi) is 5.32. The number of allylic oxidation sites excluding steroid dienone is 1. The molecule has 6 heteroatoms. The first-order valence-electron chi connectivity index (χ1n) is 9.48. The number of nitrogens with zero attached hydrogens (tertiary/aromatic N) is 1. The minimum atomic E-state index is -0.579. The number of halogens is 1. The molecule has 2 aromatic carbocycles. The lowest BCUT2D eigenvalue weighted by Crippen LogP contribution is -2.34. The topological polar surface area (TPSA) is 85.1 Å². The smallest absolute Gasteiger partial charge is 0.252 e. The number of fused-ring (bicyclic) bond motifs is 2. The van der Waals surface area contributed by atoms with E-state index in [2.05, 4.69) is 5.32 Å². The van der Waals surface area contributed by atoms with E-state index in [9.17, 15) is 9.59 Å². The molecule has 0 radical (unpaired) electrons. The van der Waals surface area contributed by atoms with Crippen molar-refractivity contribution in [3.63, 3.8) is 0 Å². The largest absolute Gasteiger partial charge is 0.368 e. The van der Waals surface area contributed by atoms with Gasteiger partial charge < -0.3 is 11.1 Å². The number of primary amides is 1. The minimum Gasteiger partial charge on any atom is -0.368 e. The molecule has 3 aromatic rings. The summed E-state index contributed by atoms with van der Waals surface area (Å²) >= 11 is 6.35. The number of aromatic nitrogens is 1. The lowest BCUT2D eigenvalue weighted by molar-refractivity contribution is -0.117. The SMILES string of the molecule is NC(=O)CNC(=O)c1c2c(nc3ccccc13)/C(=C\c1ccccc1Cl)CCC2. The second kappa shape index (κ2) is 8.05. The van der Waals surface area contributed by atoms with Crippen LogP contribution >= 0.6 is 11.6 Å². The molecule has 5 nitrogen and oxygen atoms in total. The quantitative estimate of drug-likeness (QED) is 0.688. The maximum atomic E-state index is 13.0. The number of hydrogen-bond donors (Lipinski definition) is 2. The summed E-state index contributed by atoms with van der Waals surface area (Å²) in [6.45, 7) is -0.202. The van der Waals surface area contributed by atoms with Gasteiger partial charge in [-0.15, -0.1) is 0 Å². The maximum Gasteiger partial charge on any atom is 0.252 e. The number of para-hydroxylation sites is 1. The maximum absolute atomic E-state index is 13.0. The molecular weight excluding hydrogens is 386 g/mol. The second-order valence-electron chi connectivity index (χ2n) is 7.02. The van der Waals surface area contributed by atoms with Crippen molar-refractivity contribution in [2.75, 3.05) is 6.54 Å². The van der Waals surface area contributed by atoms with Gasteiger partial charge in [-0.05, 0) is 54.2 Å². The van der Waals surface area contributed by atoms with Crippen LogP contribution in [-0.4, -0.2) is 23.3 Å². The molecule has 0 unspecified atom stereocenters. The molecule has 0 saturated carbocycles. The Morgan fingerprint density at radius 3 is 2.66 bits per heavy atom. The number of nitrogens with one attached hydrogen (secondary N) is 1. The van der Waals surface area contributed by atoms with E-state index in [1.54, 1.807) is 0 Å². The van der Waals surface area contributed by atoms with Crippen LogP contribution in [0.4, 0.5) is 0 Å². The molecule has 0 spiro atoms. The highest BCUT2D eigenvalue weighted by Gasteiger charge is 2.25. The number of hydrogen-bond acceptors (Lipinski definition) is 3. The van der Waals surface area contributed by atoms with Crippen LogP contribution in [0.3, 0.4) is 0 Å². The number of pyridine rings is 1. The number of carbonyl (C=O) groups excluding carboxylic acids is 2. The van der Waals surface area contributed by atoms with E-state index in [-0.39, 0.29) is 12.5 Å². The van der Waals surface area contributed by atoms with Crippen molar-refractivity contribution in [1.82, 2.24) is 10.3 Å². The zero-order valence-electron chi connectivity index (χ0n) is 15.7. The number of benzene rings is 2. The Hall–Kier alpha value is -3.18. The molecule has 1 aromatic heterocycles. The fraction of sp³-hybridized carbons (Fsp3) is 0.174. The van der Waals surface area contributed by atoms with E-state index >= 15 is 0 Å². The molecule has 1 aliphatic carbocycles. The lowest BCUT2D eigenvalue weighted by atomic mass is 9.85. The average Bonchev–Trinajstić information content (AvgIpc) is 2.72. The van der Waals surface area contributed by atoms with E-state index in [1.807, 2.05) is 54.6 Å². The first-order valence-corrected chi connectivity index (χ1v) is 9.86. The van der Waals surface area contributed by atoms with Gasteiger partial charge in [-0.1, -0.05) is 48.0 Å². The Balaban J connectivity index is 1.90. The van der Waals surface area contributed by atoms with Gasteiger partial charge in [0.2, 0.25) is 5.91 Å². The summed E-state index contributed by atoms with van der Waals surface area (Å²) in [6.07, 6.45) is 4.55. The van der Waals surface area contributed by atoms with Gasteiger partial charge in [-0.3, -0.25) is 9.59 Å². The van der Waals surface area contributed by atoms with Gasteiger partial charge in [-0.2, -0.15) is 0 Å². The third-order valence-corrected chi connectivity index (χ3v) is 5.40. The van der Waals surface area contributed by atoms with Crippen molar-refractivity contribution >= 4 is 46.0 Å². The van der Waals surface area contributed by atoms with E-state index in [0.717, 1.165) is 52.6 Å². The first kappa shape index (κ1) is 19.2. The average molecular weight is 406 g/mol. The predicted octanol–water partition coefficient (Wildman–Crippen LogP) is 3.98. The third kappa shape index (κ3) is 3.87. The molecule has 3 N–H and O–H groups in total. The minimum absolute atomic E-state index is 0.202. The molecule has 1 heterocycles. The highest BCUT2D eigenvalue weighted by Crippen LogP contribution is 2.36. The summed E-state index contributed by atoms with van der Waals surface area (Å²) in [7, 11) is 0. The first-order chi connectivity index (χ1) is 14.0. The highest BCUT2D eigenvalue weighted by molar-refractivity contribution is 6.32. The molecule has 2 amide bonds. The summed E-state index contributed by atoms with van der Waals surface area (Å²) in [5.41, 5.74) is 10.2. The van der Waals surface area contributed by atoms with E-state index < -0.39 is 5.91 Å². The Bertz CT molecular complexity index is 1150.